The minimum atomic E-state index is -1.18. The summed E-state index contributed by atoms with van der Waals surface area (Å²) in [4.78, 5) is 41.7. The summed E-state index contributed by atoms with van der Waals surface area (Å²) in [6, 6.07) is 14.5. The molecule has 2 aromatic rings. The number of anilines is 2. The van der Waals surface area contributed by atoms with Gasteiger partial charge in [-0.2, -0.15) is 0 Å². The highest BCUT2D eigenvalue weighted by Crippen LogP contribution is 2.30. The van der Waals surface area contributed by atoms with Crippen LogP contribution in [-0.2, 0) is 15.1 Å². The van der Waals surface area contributed by atoms with E-state index in [0.717, 1.165) is 42.1 Å². The number of hydrogen-bond donors (Lipinski definition) is 2. The number of carbonyl (C=O) groups excluding carboxylic acids is 3. The molecule has 4 amide bonds. The van der Waals surface area contributed by atoms with Gasteiger partial charge in [0.2, 0.25) is 5.91 Å². The molecule has 0 aliphatic carbocycles. The Bertz CT molecular complexity index is 998. The van der Waals surface area contributed by atoms with Gasteiger partial charge in [0.05, 0.1) is 11.4 Å². The molecular weight excluding hydrogens is 392 g/mol. The maximum Gasteiger partial charge on any atom is 0.325 e. The van der Waals surface area contributed by atoms with E-state index in [1.54, 1.807) is 6.92 Å². The van der Waals surface area contributed by atoms with Crippen LogP contribution in [-0.4, -0.2) is 42.4 Å². The Kier molecular flexibility index (Phi) is 5.67. The Morgan fingerprint density at radius 1 is 1.03 bits per heavy atom. The van der Waals surface area contributed by atoms with E-state index in [0.29, 0.717) is 11.3 Å². The number of nitrogens with one attached hydrogen (secondary N) is 2. The highest BCUT2D eigenvalue weighted by Gasteiger charge is 2.49. The highest BCUT2D eigenvalue weighted by molar-refractivity contribution is 6.10. The van der Waals surface area contributed by atoms with Crippen LogP contribution in [0.1, 0.15) is 37.3 Å². The van der Waals surface area contributed by atoms with Crippen LogP contribution in [0.15, 0.2) is 48.5 Å². The van der Waals surface area contributed by atoms with E-state index in [1.165, 1.54) is 6.42 Å². The number of rotatable bonds is 5. The van der Waals surface area contributed by atoms with Crippen LogP contribution in [0.3, 0.4) is 0 Å². The number of urea groups is 1. The van der Waals surface area contributed by atoms with Crippen molar-refractivity contribution in [3.8, 4) is 0 Å². The Morgan fingerprint density at radius 2 is 1.71 bits per heavy atom. The normalized spacial score (nSPS) is 21.2. The highest BCUT2D eigenvalue weighted by atomic mass is 16.2. The van der Waals surface area contributed by atoms with E-state index in [1.807, 2.05) is 55.5 Å². The Labute approximate surface area is 182 Å². The first-order valence-corrected chi connectivity index (χ1v) is 10.7. The van der Waals surface area contributed by atoms with Crippen molar-refractivity contribution in [3.05, 3.63) is 59.7 Å². The first-order chi connectivity index (χ1) is 14.9. The molecule has 7 heteroatoms. The maximum absolute atomic E-state index is 13.1. The van der Waals surface area contributed by atoms with Gasteiger partial charge in [-0.3, -0.25) is 14.5 Å². The van der Waals surface area contributed by atoms with Gasteiger partial charge in [0, 0.05) is 13.1 Å². The molecule has 0 saturated carbocycles. The Balaban J connectivity index is 1.47. The van der Waals surface area contributed by atoms with Crippen LogP contribution in [0.2, 0.25) is 0 Å². The van der Waals surface area contributed by atoms with E-state index in [2.05, 4.69) is 15.5 Å². The zero-order valence-electron chi connectivity index (χ0n) is 18.0. The van der Waals surface area contributed by atoms with Crippen molar-refractivity contribution in [2.75, 3.05) is 29.9 Å². The van der Waals surface area contributed by atoms with Gasteiger partial charge < -0.3 is 15.5 Å². The number of benzene rings is 2. The van der Waals surface area contributed by atoms with Crippen molar-refractivity contribution in [2.24, 2.45) is 0 Å². The van der Waals surface area contributed by atoms with E-state index in [-0.39, 0.29) is 6.54 Å². The van der Waals surface area contributed by atoms with Crippen LogP contribution in [0, 0.1) is 6.92 Å². The number of amides is 4. The van der Waals surface area contributed by atoms with Crippen LogP contribution in [0.5, 0.6) is 0 Å². The van der Waals surface area contributed by atoms with Crippen LogP contribution in [0.25, 0.3) is 0 Å². The summed E-state index contributed by atoms with van der Waals surface area (Å²) in [5, 5.41) is 5.64. The minimum absolute atomic E-state index is 0.333. The molecule has 2 saturated heterocycles. The summed E-state index contributed by atoms with van der Waals surface area (Å²) >= 11 is 0. The molecule has 0 radical (unpaired) electrons. The lowest BCUT2D eigenvalue weighted by molar-refractivity contribution is -0.133. The van der Waals surface area contributed by atoms with Gasteiger partial charge >= 0.3 is 6.03 Å². The van der Waals surface area contributed by atoms with Gasteiger partial charge in [0.1, 0.15) is 12.1 Å². The Morgan fingerprint density at radius 3 is 2.42 bits per heavy atom. The van der Waals surface area contributed by atoms with Gasteiger partial charge in [0.25, 0.3) is 5.91 Å². The van der Waals surface area contributed by atoms with E-state index in [4.69, 9.17) is 0 Å². The fourth-order valence-electron chi connectivity index (χ4n) is 4.25. The predicted molar refractivity (Wildman–Crippen MR) is 120 cm³/mol. The van der Waals surface area contributed by atoms with Crippen molar-refractivity contribution < 1.29 is 14.4 Å². The average molecular weight is 421 g/mol. The largest absolute Gasteiger partial charge is 0.370 e. The van der Waals surface area contributed by atoms with Gasteiger partial charge in [-0.15, -0.1) is 0 Å². The van der Waals surface area contributed by atoms with Crippen molar-refractivity contribution in [1.29, 1.82) is 0 Å². The number of imide groups is 1. The third kappa shape index (κ3) is 4.13. The average Bonchev–Trinajstić information content (AvgIpc) is 2.99. The third-order valence-electron chi connectivity index (χ3n) is 6.08. The summed E-state index contributed by atoms with van der Waals surface area (Å²) < 4.78 is 0. The number of carbonyl (C=O) groups is 3. The molecule has 7 nitrogen and oxygen atoms in total. The summed E-state index contributed by atoms with van der Waals surface area (Å²) in [7, 11) is 0. The lowest BCUT2D eigenvalue weighted by atomic mass is 9.91. The van der Waals surface area contributed by atoms with Crippen molar-refractivity contribution in [2.45, 2.75) is 38.6 Å². The molecule has 2 heterocycles. The second-order valence-electron chi connectivity index (χ2n) is 8.43. The maximum atomic E-state index is 13.1. The lowest BCUT2D eigenvalue weighted by Gasteiger charge is -2.30. The van der Waals surface area contributed by atoms with Crippen LogP contribution >= 0.6 is 0 Å². The fraction of sp³-hybridized carbons (Fsp3) is 0.375. The molecule has 0 aromatic heterocycles. The predicted octanol–water partition coefficient (Wildman–Crippen LogP) is 3.39. The van der Waals surface area contributed by atoms with E-state index in [9.17, 15) is 14.4 Å². The molecule has 2 aliphatic rings. The lowest BCUT2D eigenvalue weighted by Crippen LogP contribution is -2.42. The second kappa shape index (κ2) is 8.41. The zero-order valence-corrected chi connectivity index (χ0v) is 18.0. The van der Waals surface area contributed by atoms with Gasteiger partial charge in [-0.05, 0) is 50.8 Å². The summed E-state index contributed by atoms with van der Waals surface area (Å²) in [6.45, 7) is 5.20. The van der Waals surface area contributed by atoms with E-state index >= 15 is 0 Å². The number of hydrogen-bond acceptors (Lipinski definition) is 4. The molecule has 1 atom stereocenters. The fourth-order valence-corrected chi connectivity index (χ4v) is 4.25. The van der Waals surface area contributed by atoms with Gasteiger partial charge in [-0.1, -0.05) is 42.0 Å². The van der Waals surface area contributed by atoms with Gasteiger partial charge in [0.15, 0.2) is 0 Å². The summed E-state index contributed by atoms with van der Waals surface area (Å²) in [5.74, 6) is -0.832. The Hall–Kier alpha value is -3.35. The number of aryl methyl sites for hydroxylation is 1. The van der Waals surface area contributed by atoms with Gasteiger partial charge in [-0.25, -0.2) is 4.79 Å². The molecule has 0 bridgehead atoms. The molecule has 2 fully saturated rings. The first kappa shape index (κ1) is 20.9. The van der Waals surface area contributed by atoms with Crippen molar-refractivity contribution in [1.82, 2.24) is 10.2 Å². The van der Waals surface area contributed by atoms with E-state index < -0.39 is 23.4 Å². The molecule has 2 aliphatic heterocycles. The number of nitrogens with zero attached hydrogens (tertiary/aromatic N) is 2. The molecule has 162 valence electrons. The van der Waals surface area contributed by atoms with Crippen molar-refractivity contribution >= 4 is 29.2 Å². The topological polar surface area (TPSA) is 81.8 Å². The minimum Gasteiger partial charge on any atom is -0.370 e. The molecule has 2 N–H and O–H groups in total. The molecular formula is C24H28N4O3. The zero-order chi connectivity index (χ0) is 22.0. The molecule has 0 unspecified atom stereocenters. The van der Waals surface area contributed by atoms with Crippen molar-refractivity contribution in [3.63, 3.8) is 0 Å². The quantitative estimate of drug-likeness (QED) is 0.727. The smallest absolute Gasteiger partial charge is 0.325 e. The second-order valence-corrected chi connectivity index (χ2v) is 8.43. The molecule has 31 heavy (non-hydrogen) atoms. The molecule has 2 aromatic carbocycles. The van der Waals surface area contributed by atoms with Crippen LogP contribution < -0.4 is 15.5 Å². The molecule has 0 spiro atoms. The summed E-state index contributed by atoms with van der Waals surface area (Å²) in [5.41, 5.74) is 2.24. The summed E-state index contributed by atoms with van der Waals surface area (Å²) in [6.07, 6.45) is 3.47. The monoisotopic (exact) mass is 420 g/mol. The molecule has 4 rings (SSSR count). The number of piperidine rings is 1. The number of para-hydroxylation sites is 2. The SMILES string of the molecule is Cc1ccc([C@@]2(C)NC(=O)N(CC(=O)Nc3ccccc3N3CCCCC3)C2=O)cc1. The first-order valence-electron chi connectivity index (χ1n) is 10.7. The standard InChI is InChI=1S/C24H28N4O3/c1-17-10-12-18(13-11-17)24(2)22(30)28(23(31)26-24)16-21(29)25-19-8-4-5-9-20(19)27-14-6-3-7-15-27/h4-5,8-13H,3,6-7,14-16H2,1-2H3,(H,25,29)(H,26,31)/t24-/m1/s1. The third-order valence-corrected chi connectivity index (χ3v) is 6.08. The van der Waals surface area contributed by atoms with Crippen LogP contribution in [0.4, 0.5) is 16.2 Å².